The van der Waals surface area contributed by atoms with E-state index in [1.807, 2.05) is 6.07 Å². The number of methoxy groups -OCH3 is 1. The number of benzene rings is 1. The van der Waals surface area contributed by atoms with E-state index in [2.05, 4.69) is 43.1 Å². The second-order valence-electron chi connectivity index (χ2n) is 6.52. The normalized spacial score (nSPS) is 14.1. The van der Waals surface area contributed by atoms with Gasteiger partial charge in [0, 0.05) is 40.8 Å². The highest BCUT2D eigenvalue weighted by Gasteiger charge is 2.22. The number of rotatable bonds is 5. The van der Waals surface area contributed by atoms with E-state index in [1.165, 1.54) is 35.1 Å². The van der Waals surface area contributed by atoms with E-state index in [0.29, 0.717) is 11.7 Å². The number of H-pyrrole nitrogens is 1. The summed E-state index contributed by atoms with van der Waals surface area (Å²) < 4.78 is 4.64. The number of amides is 1. The largest absolute Gasteiger partial charge is 0.469 e. The Labute approximate surface area is 160 Å². The number of para-hydroxylation sites is 1. The molecule has 0 bridgehead atoms. The Morgan fingerprint density at radius 1 is 1.37 bits per heavy atom. The van der Waals surface area contributed by atoms with Crippen LogP contribution in [0, 0.1) is 0 Å². The van der Waals surface area contributed by atoms with E-state index >= 15 is 0 Å². The minimum absolute atomic E-state index is 0.103. The van der Waals surface area contributed by atoms with Crippen molar-refractivity contribution in [3.63, 3.8) is 0 Å². The van der Waals surface area contributed by atoms with Crippen molar-refractivity contribution in [3.8, 4) is 0 Å². The van der Waals surface area contributed by atoms with Gasteiger partial charge in [0.15, 0.2) is 5.13 Å². The zero-order chi connectivity index (χ0) is 18.8. The molecule has 2 aromatic heterocycles. The van der Waals surface area contributed by atoms with Crippen LogP contribution in [0.4, 0.5) is 5.13 Å². The van der Waals surface area contributed by atoms with Gasteiger partial charge < -0.3 is 15.0 Å². The van der Waals surface area contributed by atoms with Crippen LogP contribution in [0.3, 0.4) is 0 Å². The van der Waals surface area contributed by atoms with Crippen LogP contribution >= 0.6 is 11.3 Å². The Bertz CT molecular complexity index is 994. The molecule has 0 saturated heterocycles. The van der Waals surface area contributed by atoms with Crippen molar-refractivity contribution in [1.82, 2.24) is 14.9 Å². The zero-order valence-electron chi connectivity index (χ0n) is 14.9. The van der Waals surface area contributed by atoms with Crippen molar-refractivity contribution in [3.05, 3.63) is 46.6 Å². The highest BCUT2D eigenvalue weighted by Crippen LogP contribution is 2.27. The summed E-state index contributed by atoms with van der Waals surface area (Å²) in [4.78, 5) is 34.2. The first-order valence-corrected chi connectivity index (χ1v) is 9.56. The number of aromatic amines is 1. The fourth-order valence-corrected chi connectivity index (χ4v) is 4.22. The molecule has 2 N–H and O–H groups in total. The highest BCUT2D eigenvalue weighted by molar-refractivity contribution is 7.15. The molecule has 7 nitrogen and oxygen atoms in total. The van der Waals surface area contributed by atoms with Gasteiger partial charge in [-0.1, -0.05) is 18.2 Å². The van der Waals surface area contributed by atoms with E-state index in [1.54, 1.807) is 6.20 Å². The molecule has 8 heteroatoms. The summed E-state index contributed by atoms with van der Waals surface area (Å²) in [7, 11) is 1.35. The van der Waals surface area contributed by atoms with Crippen LogP contribution in [-0.4, -0.2) is 46.9 Å². The lowest BCUT2D eigenvalue weighted by Crippen LogP contribution is -2.37. The number of nitrogens with zero attached hydrogens (tertiary/aromatic N) is 2. The maximum atomic E-state index is 12.4. The molecule has 0 saturated carbocycles. The van der Waals surface area contributed by atoms with Gasteiger partial charge in [0.2, 0.25) is 5.91 Å². The fraction of sp³-hybridized carbons (Fsp3) is 0.316. The number of carbonyl (C=O) groups is 2. The van der Waals surface area contributed by atoms with Gasteiger partial charge in [0.1, 0.15) is 0 Å². The van der Waals surface area contributed by atoms with E-state index in [0.717, 1.165) is 29.9 Å². The molecular weight excluding hydrogens is 364 g/mol. The van der Waals surface area contributed by atoms with Crippen LogP contribution in [-0.2, 0) is 33.7 Å². The number of esters is 1. The molecule has 0 spiro atoms. The van der Waals surface area contributed by atoms with Gasteiger partial charge in [-0.05, 0) is 18.1 Å². The van der Waals surface area contributed by atoms with Gasteiger partial charge in [0.25, 0.3) is 0 Å². The van der Waals surface area contributed by atoms with Crippen LogP contribution in [0.25, 0.3) is 10.9 Å². The highest BCUT2D eigenvalue weighted by atomic mass is 32.1. The van der Waals surface area contributed by atoms with Gasteiger partial charge >= 0.3 is 5.97 Å². The van der Waals surface area contributed by atoms with E-state index in [-0.39, 0.29) is 18.3 Å². The number of hydrogen-bond donors (Lipinski definition) is 2. The molecule has 0 unspecified atom stereocenters. The molecule has 0 atom stereocenters. The molecule has 0 aliphatic carbocycles. The Morgan fingerprint density at radius 2 is 2.22 bits per heavy atom. The van der Waals surface area contributed by atoms with Crippen LogP contribution in [0.1, 0.15) is 16.1 Å². The van der Waals surface area contributed by atoms with Crippen molar-refractivity contribution in [2.75, 3.05) is 25.5 Å². The lowest BCUT2D eigenvalue weighted by Gasteiger charge is -2.26. The first-order chi connectivity index (χ1) is 13.1. The second kappa shape index (κ2) is 7.50. The SMILES string of the molecule is COC(=O)Cc1cnc(NC(=O)CN2CCc3c([nH]c4ccccc34)C2)s1. The summed E-state index contributed by atoms with van der Waals surface area (Å²) in [5.74, 6) is -0.424. The minimum atomic E-state index is -0.320. The van der Waals surface area contributed by atoms with Crippen molar-refractivity contribution < 1.29 is 14.3 Å². The summed E-state index contributed by atoms with van der Waals surface area (Å²) in [6, 6.07) is 8.30. The fourth-order valence-electron chi connectivity index (χ4n) is 3.41. The van der Waals surface area contributed by atoms with E-state index in [4.69, 9.17) is 0 Å². The van der Waals surface area contributed by atoms with Gasteiger partial charge in [-0.15, -0.1) is 11.3 Å². The summed E-state index contributed by atoms with van der Waals surface area (Å²) in [6.45, 7) is 1.87. The molecular formula is C19H20N4O3S. The second-order valence-corrected chi connectivity index (χ2v) is 7.64. The van der Waals surface area contributed by atoms with Gasteiger partial charge in [-0.25, -0.2) is 4.98 Å². The summed E-state index contributed by atoms with van der Waals surface area (Å²) in [5.41, 5.74) is 3.69. The van der Waals surface area contributed by atoms with Gasteiger partial charge in [-0.3, -0.25) is 14.5 Å². The van der Waals surface area contributed by atoms with Crippen LogP contribution in [0.15, 0.2) is 30.5 Å². The third-order valence-corrected chi connectivity index (χ3v) is 5.59. The number of fused-ring (bicyclic) bond motifs is 3. The number of ether oxygens (including phenoxy) is 1. The Balaban J connectivity index is 1.36. The topological polar surface area (TPSA) is 87.3 Å². The third kappa shape index (κ3) is 3.86. The Morgan fingerprint density at radius 3 is 3.07 bits per heavy atom. The molecule has 1 aliphatic rings. The number of nitrogens with one attached hydrogen (secondary N) is 2. The monoisotopic (exact) mass is 384 g/mol. The molecule has 1 amide bonds. The molecule has 3 heterocycles. The minimum Gasteiger partial charge on any atom is -0.469 e. The Kier molecular flexibility index (Phi) is 4.91. The number of aromatic nitrogens is 2. The molecule has 3 aromatic rings. The van der Waals surface area contributed by atoms with Crippen molar-refractivity contribution in [1.29, 1.82) is 0 Å². The number of anilines is 1. The van der Waals surface area contributed by atoms with Crippen molar-refractivity contribution >= 4 is 39.2 Å². The zero-order valence-corrected chi connectivity index (χ0v) is 15.8. The maximum Gasteiger partial charge on any atom is 0.310 e. The third-order valence-electron chi connectivity index (χ3n) is 4.68. The maximum absolute atomic E-state index is 12.4. The van der Waals surface area contributed by atoms with Gasteiger partial charge in [0.05, 0.1) is 20.1 Å². The van der Waals surface area contributed by atoms with E-state index in [9.17, 15) is 9.59 Å². The van der Waals surface area contributed by atoms with Crippen molar-refractivity contribution in [2.24, 2.45) is 0 Å². The lowest BCUT2D eigenvalue weighted by molar-refractivity contribution is -0.139. The predicted molar refractivity (Wildman–Crippen MR) is 104 cm³/mol. The molecule has 0 radical (unpaired) electrons. The average molecular weight is 384 g/mol. The molecule has 27 heavy (non-hydrogen) atoms. The van der Waals surface area contributed by atoms with Crippen molar-refractivity contribution in [2.45, 2.75) is 19.4 Å². The number of hydrogen-bond acceptors (Lipinski definition) is 6. The number of thiazole rings is 1. The quantitative estimate of drug-likeness (QED) is 0.660. The molecule has 4 rings (SSSR count). The van der Waals surface area contributed by atoms with Crippen LogP contribution in [0.2, 0.25) is 0 Å². The Hall–Kier alpha value is -2.71. The van der Waals surface area contributed by atoms with Crippen LogP contribution < -0.4 is 5.32 Å². The smallest absolute Gasteiger partial charge is 0.310 e. The molecule has 1 aliphatic heterocycles. The molecule has 0 fully saturated rings. The van der Waals surface area contributed by atoms with Gasteiger partial charge in [-0.2, -0.15) is 0 Å². The summed E-state index contributed by atoms with van der Waals surface area (Å²) >= 11 is 1.29. The lowest BCUT2D eigenvalue weighted by atomic mass is 10.0. The number of carbonyl (C=O) groups excluding carboxylic acids is 2. The predicted octanol–water partition coefficient (Wildman–Crippen LogP) is 2.34. The summed E-state index contributed by atoms with van der Waals surface area (Å²) in [5, 5.41) is 4.59. The first kappa shape index (κ1) is 17.7. The van der Waals surface area contributed by atoms with E-state index < -0.39 is 0 Å². The molecule has 140 valence electrons. The average Bonchev–Trinajstić information content (AvgIpc) is 3.24. The standard InChI is InChI=1S/C19H20N4O3S/c1-26-18(25)8-12-9-20-19(27-12)22-17(24)11-23-7-6-14-13-4-2-3-5-15(13)21-16(14)10-23/h2-5,9,21H,6-8,10-11H2,1H3,(H,20,22,24). The first-order valence-electron chi connectivity index (χ1n) is 8.74. The summed E-state index contributed by atoms with van der Waals surface area (Å²) in [6.07, 6.45) is 2.68. The molecule has 1 aromatic carbocycles. The van der Waals surface area contributed by atoms with Crippen LogP contribution in [0.5, 0.6) is 0 Å².